The minimum Gasteiger partial charge on any atom is -0.370 e. The van der Waals surface area contributed by atoms with Crippen molar-refractivity contribution in [3.63, 3.8) is 0 Å². The Labute approximate surface area is 110 Å². The van der Waals surface area contributed by atoms with E-state index < -0.39 is 0 Å². The van der Waals surface area contributed by atoms with Crippen molar-refractivity contribution in [1.82, 2.24) is 24.7 Å². The molecule has 0 aliphatic heterocycles. The molecule has 7 heteroatoms. The normalized spacial score (nSPS) is 10.6. The highest BCUT2D eigenvalue weighted by molar-refractivity contribution is 7.99. The van der Waals surface area contributed by atoms with Gasteiger partial charge in [0.2, 0.25) is 0 Å². The quantitative estimate of drug-likeness (QED) is 0.830. The van der Waals surface area contributed by atoms with Crippen molar-refractivity contribution < 1.29 is 0 Å². The highest BCUT2D eigenvalue weighted by Crippen LogP contribution is 2.25. The monoisotopic (exact) mass is 264 g/mol. The molecule has 2 rings (SSSR count). The SMILES string of the molecule is CCNc1cc(Sc2ncnn2C)nc(CC)n1. The van der Waals surface area contributed by atoms with Gasteiger partial charge in [0, 0.05) is 26.1 Å². The number of hydrogen-bond donors (Lipinski definition) is 1. The number of nitrogens with zero attached hydrogens (tertiary/aromatic N) is 5. The second kappa shape index (κ2) is 5.81. The molecule has 96 valence electrons. The van der Waals surface area contributed by atoms with E-state index in [9.17, 15) is 0 Å². The van der Waals surface area contributed by atoms with Crippen LogP contribution in [-0.2, 0) is 13.5 Å². The van der Waals surface area contributed by atoms with Crippen LogP contribution in [0.15, 0.2) is 22.6 Å². The maximum absolute atomic E-state index is 4.48. The molecule has 2 heterocycles. The lowest BCUT2D eigenvalue weighted by Crippen LogP contribution is -2.04. The number of nitrogens with one attached hydrogen (secondary N) is 1. The van der Waals surface area contributed by atoms with E-state index in [-0.39, 0.29) is 0 Å². The van der Waals surface area contributed by atoms with Gasteiger partial charge in [0.15, 0.2) is 5.16 Å². The first-order valence-electron chi connectivity index (χ1n) is 5.86. The third kappa shape index (κ3) is 2.98. The van der Waals surface area contributed by atoms with Gasteiger partial charge in [-0.3, -0.25) is 0 Å². The van der Waals surface area contributed by atoms with Gasteiger partial charge in [-0.2, -0.15) is 5.10 Å². The molecule has 0 aromatic carbocycles. The molecule has 0 amide bonds. The van der Waals surface area contributed by atoms with Crippen LogP contribution in [0.2, 0.25) is 0 Å². The first-order chi connectivity index (χ1) is 8.72. The molecule has 0 saturated heterocycles. The smallest absolute Gasteiger partial charge is 0.192 e. The third-order valence-electron chi connectivity index (χ3n) is 2.29. The van der Waals surface area contributed by atoms with Crippen molar-refractivity contribution in [2.75, 3.05) is 11.9 Å². The van der Waals surface area contributed by atoms with Gasteiger partial charge >= 0.3 is 0 Å². The van der Waals surface area contributed by atoms with Crippen LogP contribution in [0.5, 0.6) is 0 Å². The molecule has 0 aliphatic carbocycles. The molecule has 6 nitrogen and oxygen atoms in total. The molecule has 0 spiro atoms. The van der Waals surface area contributed by atoms with Crippen LogP contribution >= 0.6 is 11.8 Å². The van der Waals surface area contributed by atoms with Gasteiger partial charge in [-0.25, -0.2) is 19.6 Å². The molecule has 0 unspecified atom stereocenters. The van der Waals surface area contributed by atoms with Crippen molar-refractivity contribution in [2.24, 2.45) is 7.05 Å². The first kappa shape index (κ1) is 12.8. The number of anilines is 1. The van der Waals surface area contributed by atoms with E-state index in [4.69, 9.17) is 0 Å². The zero-order chi connectivity index (χ0) is 13.0. The largest absolute Gasteiger partial charge is 0.370 e. The zero-order valence-electron chi connectivity index (χ0n) is 10.7. The summed E-state index contributed by atoms with van der Waals surface area (Å²) >= 11 is 1.49. The highest BCUT2D eigenvalue weighted by Gasteiger charge is 2.08. The van der Waals surface area contributed by atoms with Gasteiger partial charge in [0.1, 0.15) is 23.0 Å². The summed E-state index contributed by atoms with van der Waals surface area (Å²) in [6.07, 6.45) is 2.35. The third-order valence-corrected chi connectivity index (χ3v) is 3.26. The summed E-state index contributed by atoms with van der Waals surface area (Å²) in [6, 6.07) is 1.93. The van der Waals surface area contributed by atoms with Crippen molar-refractivity contribution >= 4 is 17.6 Å². The summed E-state index contributed by atoms with van der Waals surface area (Å²) in [5, 5.41) is 8.95. The lowest BCUT2D eigenvalue weighted by atomic mass is 10.4. The molecular formula is C11H16N6S. The Hall–Kier alpha value is -1.63. The molecule has 0 aliphatic rings. The van der Waals surface area contributed by atoms with Crippen LogP contribution in [0.1, 0.15) is 19.7 Å². The highest BCUT2D eigenvalue weighted by atomic mass is 32.2. The van der Waals surface area contributed by atoms with Gasteiger partial charge in [0.25, 0.3) is 0 Å². The molecule has 2 aromatic heterocycles. The van der Waals surface area contributed by atoms with Crippen molar-refractivity contribution in [1.29, 1.82) is 0 Å². The molecular weight excluding hydrogens is 248 g/mol. The van der Waals surface area contributed by atoms with E-state index in [1.54, 1.807) is 4.68 Å². The molecule has 2 aromatic rings. The molecule has 0 bridgehead atoms. The van der Waals surface area contributed by atoms with Crippen molar-refractivity contribution in [3.8, 4) is 0 Å². The van der Waals surface area contributed by atoms with Crippen molar-refractivity contribution in [2.45, 2.75) is 30.5 Å². The summed E-state index contributed by atoms with van der Waals surface area (Å²) in [6.45, 7) is 4.93. The minimum absolute atomic E-state index is 0.811. The summed E-state index contributed by atoms with van der Waals surface area (Å²) in [7, 11) is 1.86. The Kier molecular flexibility index (Phi) is 4.14. The van der Waals surface area contributed by atoms with E-state index >= 15 is 0 Å². The molecule has 0 saturated carbocycles. The number of aromatic nitrogens is 5. The number of hydrogen-bond acceptors (Lipinski definition) is 6. The van der Waals surface area contributed by atoms with Crippen molar-refractivity contribution in [3.05, 3.63) is 18.2 Å². The maximum Gasteiger partial charge on any atom is 0.192 e. The van der Waals surface area contributed by atoms with Gasteiger partial charge < -0.3 is 5.32 Å². The maximum atomic E-state index is 4.48. The Bertz CT molecular complexity index is 524. The second-order valence-electron chi connectivity index (χ2n) is 3.66. The van der Waals surface area contributed by atoms with Gasteiger partial charge in [-0.1, -0.05) is 6.92 Å². The zero-order valence-corrected chi connectivity index (χ0v) is 11.5. The van der Waals surface area contributed by atoms with Crippen LogP contribution in [0, 0.1) is 0 Å². The summed E-state index contributed by atoms with van der Waals surface area (Å²) in [5.41, 5.74) is 0. The summed E-state index contributed by atoms with van der Waals surface area (Å²) in [5.74, 6) is 1.69. The molecule has 18 heavy (non-hydrogen) atoms. The van der Waals surface area contributed by atoms with E-state index in [1.165, 1.54) is 18.1 Å². The van der Waals surface area contributed by atoms with Crippen LogP contribution in [0.4, 0.5) is 5.82 Å². The van der Waals surface area contributed by atoms with Gasteiger partial charge in [0.05, 0.1) is 0 Å². The predicted molar refractivity (Wildman–Crippen MR) is 70.7 cm³/mol. The lowest BCUT2D eigenvalue weighted by molar-refractivity contribution is 0.684. The fraction of sp³-hybridized carbons (Fsp3) is 0.455. The van der Waals surface area contributed by atoms with E-state index in [0.717, 1.165) is 34.8 Å². The van der Waals surface area contributed by atoms with Crippen LogP contribution in [0.25, 0.3) is 0 Å². The van der Waals surface area contributed by atoms with Crippen LogP contribution in [-0.4, -0.2) is 31.3 Å². The second-order valence-corrected chi connectivity index (χ2v) is 4.65. The Morgan fingerprint density at radius 2 is 2.17 bits per heavy atom. The van der Waals surface area contributed by atoms with Crippen LogP contribution < -0.4 is 5.32 Å². The standard InChI is InChI=1S/C11H16N6S/c1-4-8-15-9(12-5-2)6-10(16-8)18-11-13-7-14-17(11)3/h6-7H,4-5H2,1-3H3,(H,12,15,16). The summed E-state index contributed by atoms with van der Waals surface area (Å²) in [4.78, 5) is 13.1. The number of aryl methyl sites for hydroxylation is 2. The Morgan fingerprint density at radius 1 is 1.33 bits per heavy atom. The summed E-state index contributed by atoms with van der Waals surface area (Å²) < 4.78 is 1.73. The number of rotatable bonds is 5. The minimum atomic E-state index is 0.811. The van der Waals surface area contributed by atoms with Crippen LogP contribution in [0.3, 0.4) is 0 Å². The molecule has 0 radical (unpaired) electrons. The average Bonchev–Trinajstić information content (AvgIpc) is 2.75. The van der Waals surface area contributed by atoms with E-state index in [2.05, 4.69) is 25.4 Å². The Balaban J connectivity index is 2.26. The van der Waals surface area contributed by atoms with Gasteiger partial charge in [-0.05, 0) is 18.7 Å². The fourth-order valence-electron chi connectivity index (χ4n) is 1.43. The predicted octanol–water partition coefficient (Wildman–Crippen LogP) is 1.75. The molecule has 0 atom stereocenters. The first-order valence-corrected chi connectivity index (χ1v) is 6.68. The van der Waals surface area contributed by atoms with E-state index in [1.807, 2.05) is 27.0 Å². The van der Waals surface area contributed by atoms with E-state index in [0.29, 0.717) is 0 Å². The topological polar surface area (TPSA) is 68.5 Å². The average molecular weight is 264 g/mol. The molecule has 1 N–H and O–H groups in total. The molecule has 0 fully saturated rings. The lowest BCUT2D eigenvalue weighted by Gasteiger charge is -2.07. The van der Waals surface area contributed by atoms with Gasteiger partial charge in [-0.15, -0.1) is 0 Å². The fourth-order valence-corrected chi connectivity index (χ4v) is 2.21. The Morgan fingerprint density at radius 3 is 2.78 bits per heavy atom.